The van der Waals surface area contributed by atoms with E-state index in [4.69, 9.17) is 4.74 Å². The molecule has 2 N–H and O–H groups in total. The van der Waals surface area contributed by atoms with Crippen LogP contribution in [0.5, 0.6) is 5.75 Å². The Balaban J connectivity index is 1.96. The van der Waals surface area contributed by atoms with Gasteiger partial charge in [0.25, 0.3) is 0 Å². The van der Waals surface area contributed by atoms with Gasteiger partial charge in [0.05, 0.1) is 13.2 Å². The van der Waals surface area contributed by atoms with E-state index in [-0.39, 0.29) is 11.9 Å². The van der Waals surface area contributed by atoms with Crippen LogP contribution in [0, 0.1) is 6.92 Å². The Morgan fingerprint density at radius 1 is 1.56 bits per heavy atom. The van der Waals surface area contributed by atoms with Crippen molar-refractivity contribution in [2.24, 2.45) is 0 Å². The molecule has 1 fully saturated rings. The standard InChI is InChI=1S/C14H20N2O2/c1-10-5-6-13(18-2)11(8-10)9-16-14(17)12-4-3-7-15-12/h5-6,8,12,15H,3-4,7,9H2,1-2H3,(H,16,17). The maximum atomic E-state index is 11.9. The van der Waals surface area contributed by atoms with Crippen molar-refractivity contribution in [3.63, 3.8) is 0 Å². The molecular formula is C14H20N2O2. The molecule has 1 saturated heterocycles. The van der Waals surface area contributed by atoms with Crippen LogP contribution in [0.25, 0.3) is 0 Å². The van der Waals surface area contributed by atoms with E-state index in [1.165, 1.54) is 5.56 Å². The molecule has 1 atom stereocenters. The fourth-order valence-electron chi connectivity index (χ4n) is 2.26. The lowest BCUT2D eigenvalue weighted by Gasteiger charge is -2.13. The van der Waals surface area contributed by atoms with Crippen molar-refractivity contribution < 1.29 is 9.53 Å². The van der Waals surface area contributed by atoms with Crippen molar-refractivity contribution in [3.05, 3.63) is 29.3 Å². The lowest BCUT2D eigenvalue weighted by Crippen LogP contribution is -2.40. The first kappa shape index (κ1) is 12.9. The number of nitrogens with one attached hydrogen (secondary N) is 2. The molecule has 1 unspecified atom stereocenters. The van der Waals surface area contributed by atoms with Crippen molar-refractivity contribution >= 4 is 5.91 Å². The molecule has 1 aliphatic rings. The lowest BCUT2D eigenvalue weighted by molar-refractivity contribution is -0.122. The van der Waals surface area contributed by atoms with E-state index in [1.807, 2.05) is 25.1 Å². The Hall–Kier alpha value is -1.55. The van der Waals surface area contributed by atoms with Gasteiger partial charge in [-0.1, -0.05) is 17.7 Å². The minimum Gasteiger partial charge on any atom is -0.496 e. The summed E-state index contributed by atoms with van der Waals surface area (Å²) < 4.78 is 5.29. The Kier molecular flexibility index (Phi) is 4.20. The topological polar surface area (TPSA) is 50.4 Å². The number of hydrogen-bond donors (Lipinski definition) is 2. The molecule has 1 heterocycles. The van der Waals surface area contributed by atoms with Crippen LogP contribution in [0.1, 0.15) is 24.0 Å². The minimum atomic E-state index is -0.0270. The van der Waals surface area contributed by atoms with Gasteiger partial charge in [-0.15, -0.1) is 0 Å². The summed E-state index contributed by atoms with van der Waals surface area (Å²) in [6, 6.07) is 5.95. The maximum absolute atomic E-state index is 11.9. The van der Waals surface area contributed by atoms with E-state index in [0.717, 1.165) is 30.7 Å². The molecule has 0 bridgehead atoms. The van der Waals surface area contributed by atoms with Crippen molar-refractivity contribution in [2.75, 3.05) is 13.7 Å². The van der Waals surface area contributed by atoms with Crippen LogP contribution in [-0.2, 0) is 11.3 Å². The van der Waals surface area contributed by atoms with Gasteiger partial charge in [0.15, 0.2) is 0 Å². The molecule has 0 spiro atoms. The number of methoxy groups -OCH3 is 1. The number of amides is 1. The molecule has 0 aliphatic carbocycles. The fourth-order valence-corrected chi connectivity index (χ4v) is 2.26. The second-order valence-corrected chi connectivity index (χ2v) is 4.68. The van der Waals surface area contributed by atoms with E-state index in [9.17, 15) is 4.79 Å². The van der Waals surface area contributed by atoms with Gasteiger partial charge in [-0.25, -0.2) is 0 Å². The maximum Gasteiger partial charge on any atom is 0.237 e. The highest BCUT2D eigenvalue weighted by Gasteiger charge is 2.21. The normalized spacial score (nSPS) is 18.7. The Morgan fingerprint density at radius 2 is 2.39 bits per heavy atom. The fraction of sp³-hybridized carbons (Fsp3) is 0.500. The second-order valence-electron chi connectivity index (χ2n) is 4.68. The zero-order valence-electron chi connectivity index (χ0n) is 11.0. The predicted molar refractivity (Wildman–Crippen MR) is 70.6 cm³/mol. The summed E-state index contributed by atoms with van der Waals surface area (Å²) in [5, 5.41) is 6.15. The first-order chi connectivity index (χ1) is 8.70. The zero-order chi connectivity index (χ0) is 13.0. The van der Waals surface area contributed by atoms with Gasteiger partial charge < -0.3 is 15.4 Å². The number of carbonyl (C=O) groups excluding carboxylic acids is 1. The Labute approximate surface area is 108 Å². The quantitative estimate of drug-likeness (QED) is 0.846. The third-order valence-electron chi connectivity index (χ3n) is 3.27. The molecule has 18 heavy (non-hydrogen) atoms. The third-order valence-corrected chi connectivity index (χ3v) is 3.27. The molecule has 1 aromatic carbocycles. The van der Waals surface area contributed by atoms with Gasteiger partial charge >= 0.3 is 0 Å². The van der Waals surface area contributed by atoms with E-state index in [2.05, 4.69) is 10.6 Å². The number of aryl methyl sites for hydroxylation is 1. The van der Waals surface area contributed by atoms with Crippen molar-refractivity contribution in [3.8, 4) is 5.75 Å². The number of rotatable bonds is 4. The highest BCUT2D eigenvalue weighted by molar-refractivity contribution is 5.82. The van der Waals surface area contributed by atoms with Crippen LogP contribution in [0.3, 0.4) is 0 Å². The zero-order valence-corrected chi connectivity index (χ0v) is 11.0. The van der Waals surface area contributed by atoms with E-state index in [0.29, 0.717) is 6.54 Å². The van der Waals surface area contributed by atoms with Gasteiger partial charge in [-0.2, -0.15) is 0 Å². The highest BCUT2D eigenvalue weighted by atomic mass is 16.5. The summed E-state index contributed by atoms with van der Waals surface area (Å²) in [5.74, 6) is 0.899. The van der Waals surface area contributed by atoms with E-state index < -0.39 is 0 Å². The summed E-state index contributed by atoms with van der Waals surface area (Å²) in [7, 11) is 1.65. The second kappa shape index (κ2) is 5.87. The van der Waals surface area contributed by atoms with Crippen molar-refractivity contribution in [1.29, 1.82) is 0 Å². The smallest absolute Gasteiger partial charge is 0.237 e. The van der Waals surface area contributed by atoms with Gasteiger partial charge in [0.2, 0.25) is 5.91 Å². The molecule has 4 nitrogen and oxygen atoms in total. The molecule has 0 radical (unpaired) electrons. The minimum absolute atomic E-state index is 0.0270. The van der Waals surface area contributed by atoms with E-state index >= 15 is 0 Å². The first-order valence-corrected chi connectivity index (χ1v) is 6.35. The lowest BCUT2D eigenvalue weighted by atomic mass is 10.1. The van der Waals surface area contributed by atoms with Gasteiger partial charge in [-0.05, 0) is 32.4 Å². The van der Waals surface area contributed by atoms with Gasteiger partial charge in [0.1, 0.15) is 5.75 Å². The van der Waals surface area contributed by atoms with Crippen LogP contribution in [-0.4, -0.2) is 25.6 Å². The summed E-state index contributed by atoms with van der Waals surface area (Å²) in [4.78, 5) is 11.9. The molecule has 98 valence electrons. The van der Waals surface area contributed by atoms with Gasteiger partial charge in [-0.3, -0.25) is 4.79 Å². The number of benzene rings is 1. The van der Waals surface area contributed by atoms with Crippen LogP contribution >= 0.6 is 0 Å². The monoisotopic (exact) mass is 248 g/mol. The number of carbonyl (C=O) groups is 1. The molecule has 1 amide bonds. The molecule has 0 aromatic heterocycles. The molecule has 1 aromatic rings. The molecule has 2 rings (SSSR count). The number of ether oxygens (including phenoxy) is 1. The largest absolute Gasteiger partial charge is 0.496 e. The van der Waals surface area contributed by atoms with Crippen LogP contribution in [0.4, 0.5) is 0 Å². The molecule has 4 heteroatoms. The third kappa shape index (κ3) is 3.01. The average Bonchev–Trinajstić information content (AvgIpc) is 2.90. The molecular weight excluding hydrogens is 228 g/mol. The van der Waals surface area contributed by atoms with Crippen LogP contribution < -0.4 is 15.4 Å². The SMILES string of the molecule is COc1ccc(C)cc1CNC(=O)C1CCCN1. The number of hydrogen-bond acceptors (Lipinski definition) is 3. The summed E-state index contributed by atoms with van der Waals surface area (Å²) in [6.07, 6.45) is 2.00. The summed E-state index contributed by atoms with van der Waals surface area (Å²) in [5.41, 5.74) is 2.18. The van der Waals surface area contributed by atoms with Gasteiger partial charge in [0, 0.05) is 12.1 Å². The average molecular weight is 248 g/mol. The molecule has 0 saturated carbocycles. The van der Waals surface area contributed by atoms with Crippen molar-refractivity contribution in [2.45, 2.75) is 32.4 Å². The first-order valence-electron chi connectivity index (χ1n) is 6.35. The highest BCUT2D eigenvalue weighted by Crippen LogP contribution is 2.19. The van der Waals surface area contributed by atoms with E-state index in [1.54, 1.807) is 7.11 Å². The Morgan fingerprint density at radius 3 is 3.06 bits per heavy atom. The predicted octanol–water partition coefficient (Wildman–Crippen LogP) is 1.37. The van der Waals surface area contributed by atoms with Crippen LogP contribution in [0.15, 0.2) is 18.2 Å². The summed E-state index contributed by atoms with van der Waals surface area (Å²) in [6.45, 7) is 3.48. The molecule has 1 aliphatic heterocycles. The Bertz CT molecular complexity index is 426. The van der Waals surface area contributed by atoms with Crippen molar-refractivity contribution in [1.82, 2.24) is 10.6 Å². The van der Waals surface area contributed by atoms with Crippen LogP contribution in [0.2, 0.25) is 0 Å². The summed E-state index contributed by atoms with van der Waals surface area (Å²) >= 11 is 0.